The van der Waals surface area contributed by atoms with E-state index in [1.807, 2.05) is 24.4 Å². The highest BCUT2D eigenvalue weighted by molar-refractivity contribution is 8.00. The van der Waals surface area contributed by atoms with Gasteiger partial charge in [0.15, 0.2) is 0 Å². The van der Waals surface area contributed by atoms with Gasteiger partial charge in [-0.15, -0.1) is 0 Å². The van der Waals surface area contributed by atoms with Gasteiger partial charge in [0, 0.05) is 24.1 Å². The Morgan fingerprint density at radius 1 is 1.58 bits per heavy atom. The fourth-order valence-electron chi connectivity index (χ4n) is 2.65. The maximum Gasteiger partial charge on any atom is 0.270 e. The van der Waals surface area contributed by atoms with Crippen LogP contribution in [0.3, 0.4) is 0 Å². The molecule has 2 atom stereocenters. The van der Waals surface area contributed by atoms with Crippen LogP contribution in [0.4, 0.5) is 5.69 Å². The van der Waals surface area contributed by atoms with Crippen molar-refractivity contribution < 1.29 is 4.92 Å². The number of nitrogens with two attached hydrogens (primary N) is 1. The molecule has 0 saturated carbocycles. The first-order chi connectivity index (χ1) is 11.3. The van der Waals surface area contributed by atoms with E-state index in [4.69, 9.17) is 10.7 Å². The van der Waals surface area contributed by atoms with Gasteiger partial charge in [-0.1, -0.05) is 31.7 Å². The van der Waals surface area contributed by atoms with Gasteiger partial charge in [-0.2, -0.15) is 0 Å². The molecule has 0 fully saturated rings. The lowest BCUT2D eigenvalue weighted by Gasteiger charge is -2.37. The molecule has 2 unspecified atom stereocenters. The number of likely N-dealkylation sites (N-methyl/N-ethyl adjacent to an activating group) is 1. The number of nitrogens with zero attached hydrogens (tertiary/aromatic N) is 4. The van der Waals surface area contributed by atoms with Gasteiger partial charge in [0.2, 0.25) is 0 Å². The average Bonchev–Trinajstić information content (AvgIpc) is 2.83. The van der Waals surface area contributed by atoms with Crippen molar-refractivity contribution in [2.24, 2.45) is 21.6 Å². The molecule has 0 aliphatic carbocycles. The lowest BCUT2D eigenvalue weighted by atomic mass is 9.87. The van der Waals surface area contributed by atoms with E-state index >= 15 is 0 Å². The molecule has 1 aromatic carbocycles. The second kappa shape index (κ2) is 7.21. The fraction of sp³-hybridized carbons (Fsp3) is 0.500. The number of non-ortho nitro benzene ring substituents is 1. The summed E-state index contributed by atoms with van der Waals surface area (Å²) in [5.41, 5.74) is 5.38. The zero-order valence-corrected chi connectivity index (χ0v) is 15.2. The lowest BCUT2D eigenvalue weighted by Crippen LogP contribution is -2.48. The van der Waals surface area contributed by atoms with Crippen LogP contribution in [-0.2, 0) is 0 Å². The Labute approximate surface area is 146 Å². The fourth-order valence-corrected chi connectivity index (χ4v) is 4.08. The summed E-state index contributed by atoms with van der Waals surface area (Å²) >= 11 is 1.56. The Morgan fingerprint density at radius 3 is 2.88 bits per heavy atom. The molecular formula is C16H23N5O2S. The highest BCUT2D eigenvalue weighted by Gasteiger charge is 2.47. The Morgan fingerprint density at radius 2 is 2.29 bits per heavy atom. The molecule has 0 spiro atoms. The number of rotatable bonds is 6. The van der Waals surface area contributed by atoms with Gasteiger partial charge in [-0.05, 0) is 18.9 Å². The zero-order chi connectivity index (χ0) is 17.9. The second-order valence-electron chi connectivity index (χ2n) is 6.24. The first kappa shape index (κ1) is 18.3. The molecule has 2 rings (SSSR count). The minimum Gasteiger partial charge on any atom is -0.388 e. The van der Waals surface area contributed by atoms with Crippen LogP contribution in [0.15, 0.2) is 39.1 Å². The molecule has 1 aromatic rings. The Kier molecular flexibility index (Phi) is 5.48. The van der Waals surface area contributed by atoms with E-state index in [9.17, 15) is 10.1 Å². The number of thioether (sulfide) groups is 1. The summed E-state index contributed by atoms with van der Waals surface area (Å²) in [6.07, 6.45) is 1.82. The van der Waals surface area contributed by atoms with Crippen molar-refractivity contribution in [3.05, 3.63) is 34.4 Å². The van der Waals surface area contributed by atoms with E-state index in [1.54, 1.807) is 30.8 Å². The molecule has 0 radical (unpaired) electrons. The van der Waals surface area contributed by atoms with Crippen molar-refractivity contribution in [1.82, 2.24) is 4.90 Å². The summed E-state index contributed by atoms with van der Waals surface area (Å²) in [6, 6.07) is 6.68. The Balaban J connectivity index is 2.33. The van der Waals surface area contributed by atoms with E-state index < -0.39 is 5.54 Å². The number of nitro groups is 1. The number of nitro benzene ring substituents is 1. The molecule has 1 aliphatic heterocycles. The number of amidine groups is 1. The smallest absolute Gasteiger partial charge is 0.270 e. The average molecular weight is 349 g/mol. The Bertz CT molecular complexity index is 672. The molecule has 8 heteroatoms. The van der Waals surface area contributed by atoms with Crippen LogP contribution >= 0.6 is 11.8 Å². The van der Waals surface area contributed by atoms with Gasteiger partial charge in [0.25, 0.3) is 5.69 Å². The summed E-state index contributed by atoms with van der Waals surface area (Å²) in [5, 5.41) is 11.0. The Hall–Kier alpha value is -2.09. The first-order valence-electron chi connectivity index (χ1n) is 7.71. The van der Waals surface area contributed by atoms with Crippen molar-refractivity contribution in [3.8, 4) is 0 Å². The molecule has 0 bridgehead atoms. The summed E-state index contributed by atoms with van der Waals surface area (Å²) < 4.78 is 0. The van der Waals surface area contributed by atoms with Crippen LogP contribution in [0.5, 0.6) is 0 Å². The first-order valence-corrected chi connectivity index (χ1v) is 8.59. The summed E-state index contributed by atoms with van der Waals surface area (Å²) in [6.45, 7) is 6.47. The monoisotopic (exact) mass is 349 g/mol. The zero-order valence-electron chi connectivity index (χ0n) is 14.3. The maximum atomic E-state index is 11.0. The van der Waals surface area contributed by atoms with Gasteiger partial charge in [-0.3, -0.25) is 20.1 Å². The molecule has 1 heterocycles. The molecule has 24 heavy (non-hydrogen) atoms. The molecular weight excluding hydrogens is 326 g/mol. The van der Waals surface area contributed by atoms with Gasteiger partial charge in [0.05, 0.1) is 23.6 Å². The number of hydrogen-bond donors (Lipinski definition) is 1. The highest BCUT2D eigenvalue weighted by atomic mass is 32.2. The topological polar surface area (TPSA) is 97.1 Å². The SMILES string of the molecule is CC(N)=NCC1(C(C)C)N=CN(C)C1Sc1cccc([N+](=O)[O-])c1. The molecule has 0 amide bonds. The minimum absolute atomic E-state index is 0.0115. The third kappa shape index (κ3) is 3.69. The van der Waals surface area contributed by atoms with Crippen LogP contribution in [0, 0.1) is 16.0 Å². The van der Waals surface area contributed by atoms with Gasteiger partial charge < -0.3 is 10.6 Å². The molecule has 1 aliphatic rings. The number of aliphatic imine (C=N–C) groups is 2. The van der Waals surface area contributed by atoms with Crippen LogP contribution in [0.25, 0.3) is 0 Å². The molecule has 2 N–H and O–H groups in total. The van der Waals surface area contributed by atoms with Crippen molar-refractivity contribution in [3.63, 3.8) is 0 Å². The maximum absolute atomic E-state index is 11.0. The summed E-state index contributed by atoms with van der Waals surface area (Å²) in [5.74, 6) is 0.761. The second-order valence-corrected chi connectivity index (χ2v) is 7.39. The van der Waals surface area contributed by atoms with Crippen molar-refractivity contribution in [2.45, 2.75) is 36.6 Å². The van der Waals surface area contributed by atoms with Crippen LogP contribution in [0.1, 0.15) is 20.8 Å². The molecule has 0 aromatic heterocycles. The highest BCUT2D eigenvalue weighted by Crippen LogP contribution is 2.42. The largest absolute Gasteiger partial charge is 0.388 e. The lowest BCUT2D eigenvalue weighted by molar-refractivity contribution is -0.385. The van der Waals surface area contributed by atoms with E-state index in [-0.39, 0.29) is 21.9 Å². The van der Waals surface area contributed by atoms with Crippen LogP contribution in [0.2, 0.25) is 0 Å². The van der Waals surface area contributed by atoms with Gasteiger partial charge >= 0.3 is 0 Å². The van der Waals surface area contributed by atoms with E-state index in [1.165, 1.54) is 6.07 Å². The van der Waals surface area contributed by atoms with Crippen molar-refractivity contribution in [1.29, 1.82) is 0 Å². The van der Waals surface area contributed by atoms with Crippen LogP contribution < -0.4 is 5.73 Å². The number of hydrogen-bond acceptors (Lipinski definition) is 6. The molecule has 130 valence electrons. The molecule has 7 nitrogen and oxygen atoms in total. The molecule has 0 saturated heterocycles. The predicted octanol–water partition coefficient (Wildman–Crippen LogP) is 2.76. The third-order valence-electron chi connectivity index (χ3n) is 4.14. The van der Waals surface area contributed by atoms with Crippen molar-refractivity contribution >= 4 is 29.6 Å². The van der Waals surface area contributed by atoms with Gasteiger partial charge in [0.1, 0.15) is 10.9 Å². The van der Waals surface area contributed by atoms with E-state index in [0.29, 0.717) is 12.4 Å². The summed E-state index contributed by atoms with van der Waals surface area (Å²) in [4.78, 5) is 22.6. The van der Waals surface area contributed by atoms with Crippen LogP contribution in [-0.4, -0.2) is 46.5 Å². The third-order valence-corrected chi connectivity index (χ3v) is 5.63. The quantitative estimate of drug-likeness (QED) is 0.369. The van der Waals surface area contributed by atoms with Crippen molar-refractivity contribution in [2.75, 3.05) is 13.6 Å². The summed E-state index contributed by atoms with van der Waals surface area (Å²) in [7, 11) is 1.96. The minimum atomic E-state index is -0.426. The standard InChI is InChI=1S/C16H23N5O2S/c1-11(2)16(9-18-12(3)17)15(20(4)10-19-16)24-14-7-5-6-13(8-14)21(22)23/h5-8,10-11,15H,9H2,1-4H3,(H2,17,18). The normalized spacial score (nSPS) is 24.0. The van der Waals surface area contributed by atoms with Gasteiger partial charge in [-0.25, -0.2) is 0 Å². The van der Waals surface area contributed by atoms with E-state index in [2.05, 4.69) is 18.8 Å². The number of benzene rings is 1. The van der Waals surface area contributed by atoms with E-state index in [0.717, 1.165) is 4.90 Å². The predicted molar refractivity (Wildman–Crippen MR) is 98.7 cm³/mol.